The highest BCUT2D eigenvalue weighted by molar-refractivity contribution is 5.80. The van der Waals surface area contributed by atoms with Crippen molar-refractivity contribution in [2.75, 3.05) is 58.9 Å². The van der Waals surface area contributed by atoms with Gasteiger partial charge in [-0.15, -0.1) is 0 Å². The molecule has 29 heavy (non-hydrogen) atoms. The molecule has 0 radical (unpaired) electrons. The summed E-state index contributed by atoms with van der Waals surface area (Å²) in [5.41, 5.74) is 1.04. The highest BCUT2D eigenvalue weighted by atomic mass is 16.3. The van der Waals surface area contributed by atoms with Gasteiger partial charge in [-0.2, -0.15) is 0 Å². The lowest BCUT2D eigenvalue weighted by atomic mass is 10.1. The second-order valence-electron chi connectivity index (χ2n) is 8.06. The number of amides is 1. The summed E-state index contributed by atoms with van der Waals surface area (Å²) in [5, 5.41) is 3.47. The minimum Gasteiger partial charge on any atom is -0.469 e. The van der Waals surface area contributed by atoms with E-state index in [4.69, 9.17) is 9.41 Å². The Morgan fingerprint density at radius 2 is 1.90 bits per heavy atom. The van der Waals surface area contributed by atoms with Crippen molar-refractivity contribution in [3.63, 3.8) is 0 Å². The van der Waals surface area contributed by atoms with Crippen LogP contribution in [0.25, 0.3) is 0 Å². The van der Waals surface area contributed by atoms with Crippen molar-refractivity contribution in [2.45, 2.75) is 32.6 Å². The summed E-state index contributed by atoms with van der Waals surface area (Å²) >= 11 is 0. The summed E-state index contributed by atoms with van der Waals surface area (Å²) in [5.74, 6) is 2.17. The highest BCUT2D eigenvalue weighted by Crippen LogP contribution is 2.10. The number of piperidine rings is 1. The predicted octanol–water partition coefficient (Wildman–Crippen LogP) is 1.97. The van der Waals surface area contributed by atoms with Crippen LogP contribution >= 0.6 is 0 Å². The lowest BCUT2D eigenvalue weighted by molar-refractivity contribution is -0.133. The van der Waals surface area contributed by atoms with Gasteiger partial charge in [0, 0.05) is 52.2 Å². The van der Waals surface area contributed by atoms with Crippen molar-refractivity contribution in [1.29, 1.82) is 0 Å². The zero-order valence-electron chi connectivity index (χ0n) is 17.7. The average Bonchev–Trinajstić information content (AvgIpc) is 3.25. The molecule has 1 aromatic heterocycles. The number of carbonyl (C=O) groups excluding carboxylic acids is 1. The van der Waals surface area contributed by atoms with E-state index in [2.05, 4.69) is 21.7 Å². The normalized spacial score (nSPS) is 18.7. The van der Waals surface area contributed by atoms with Crippen LogP contribution in [0.5, 0.6) is 0 Å². The molecule has 7 nitrogen and oxygen atoms in total. The molecule has 3 rings (SSSR count). The van der Waals surface area contributed by atoms with E-state index in [9.17, 15) is 4.79 Å². The largest absolute Gasteiger partial charge is 0.469 e. The van der Waals surface area contributed by atoms with Gasteiger partial charge in [0.2, 0.25) is 5.91 Å². The molecule has 1 aromatic rings. The van der Waals surface area contributed by atoms with Crippen LogP contribution in [0, 0.1) is 0 Å². The molecule has 0 aromatic carbocycles. The first-order chi connectivity index (χ1) is 14.1. The van der Waals surface area contributed by atoms with Gasteiger partial charge in [-0.05, 0) is 38.3 Å². The molecule has 0 unspecified atom stereocenters. The number of nitrogens with one attached hydrogen (secondary N) is 1. The molecule has 0 bridgehead atoms. The number of piperazine rings is 1. The van der Waals surface area contributed by atoms with Gasteiger partial charge >= 0.3 is 0 Å². The maximum atomic E-state index is 12.5. The molecule has 1 N–H and O–H groups in total. The van der Waals surface area contributed by atoms with Crippen LogP contribution in [-0.4, -0.2) is 85.5 Å². The third kappa shape index (κ3) is 6.92. The van der Waals surface area contributed by atoms with Gasteiger partial charge < -0.3 is 19.5 Å². The lowest BCUT2D eigenvalue weighted by Crippen LogP contribution is -2.54. The first-order valence-corrected chi connectivity index (χ1v) is 10.8. The summed E-state index contributed by atoms with van der Waals surface area (Å²) in [7, 11) is 0. The second-order valence-corrected chi connectivity index (χ2v) is 8.06. The van der Waals surface area contributed by atoms with Gasteiger partial charge in [-0.3, -0.25) is 9.69 Å². The Labute approximate surface area is 174 Å². The Hall–Kier alpha value is -2.28. The van der Waals surface area contributed by atoms with Crippen molar-refractivity contribution in [3.05, 3.63) is 36.3 Å². The van der Waals surface area contributed by atoms with Gasteiger partial charge in [0.15, 0.2) is 5.96 Å². The minimum absolute atomic E-state index is 0.283. The third-order valence-corrected chi connectivity index (χ3v) is 5.47. The fraction of sp³-hybridized carbons (Fsp3) is 0.636. The summed E-state index contributed by atoms with van der Waals surface area (Å²) in [6.45, 7) is 13.2. The molecule has 3 heterocycles. The van der Waals surface area contributed by atoms with Gasteiger partial charge in [-0.1, -0.05) is 12.2 Å². The van der Waals surface area contributed by atoms with Crippen LogP contribution in [0.2, 0.25) is 0 Å². The van der Waals surface area contributed by atoms with E-state index in [0.717, 1.165) is 82.4 Å². The van der Waals surface area contributed by atoms with Crippen molar-refractivity contribution >= 4 is 11.9 Å². The SMILES string of the molecule is C=C(C)CN=C(NCCc1ccco1)N1CCN(CC(=O)N2CCCCC2)CC1. The molecular formula is C22H35N5O2. The summed E-state index contributed by atoms with van der Waals surface area (Å²) in [6, 6.07) is 3.90. The molecule has 0 spiro atoms. The first kappa shape index (κ1) is 21.4. The Balaban J connectivity index is 1.47. The van der Waals surface area contributed by atoms with Crippen molar-refractivity contribution in [2.24, 2.45) is 4.99 Å². The van der Waals surface area contributed by atoms with E-state index in [-0.39, 0.29) is 5.91 Å². The Kier molecular flexibility index (Phi) is 8.16. The number of rotatable bonds is 7. The predicted molar refractivity (Wildman–Crippen MR) is 116 cm³/mol. The smallest absolute Gasteiger partial charge is 0.236 e. The molecule has 7 heteroatoms. The molecule has 2 aliphatic heterocycles. The Morgan fingerprint density at radius 3 is 2.55 bits per heavy atom. The number of carbonyl (C=O) groups is 1. The van der Waals surface area contributed by atoms with Crippen molar-refractivity contribution < 1.29 is 9.21 Å². The fourth-order valence-electron chi connectivity index (χ4n) is 3.78. The zero-order valence-corrected chi connectivity index (χ0v) is 17.7. The third-order valence-electron chi connectivity index (χ3n) is 5.47. The van der Waals surface area contributed by atoms with E-state index < -0.39 is 0 Å². The van der Waals surface area contributed by atoms with Crippen LogP contribution in [0.1, 0.15) is 31.9 Å². The molecule has 0 atom stereocenters. The zero-order chi connectivity index (χ0) is 20.5. The number of guanidine groups is 1. The van der Waals surface area contributed by atoms with E-state index in [0.29, 0.717) is 13.1 Å². The number of nitrogens with zero attached hydrogens (tertiary/aromatic N) is 4. The van der Waals surface area contributed by atoms with Crippen LogP contribution in [-0.2, 0) is 11.2 Å². The van der Waals surface area contributed by atoms with Gasteiger partial charge in [0.05, 0.1) is 19.4 Å². The molecule has 2 aliphatic rings. The molecule has 0 saturated carbocycles. The van der Waals surface area contributed by atoms with Crippen LogP contribution in [0.4, 0.5) is 0 Å². The number of aliphatic imine (C=N–C) groups is 1. The first-order valence-electron chi connectivity index (χ1n) is 10.8. The summed E-state index contributed by atoms with van der Waals surface area (Å²) < 4.78 is 5.41. The van der Waals surface area contributed by atoms with E-state index in [1.54, 1.807) is 6.26 Å². The van der Waals surface area contributed by atoms with Crippen molar-refractivity contribution in [3.8, 4) is 0 Å². The van der Waals surface area contributed by atoms with Gasteiger partial charge in [0.1, 0.15) is 5.76 Å². The molecule has 160 valence electrons. The monoisotopic (exact) mass is 401 g/mol. The van der Waals surface area contributed by atoms with E-state index in [1.165, 1.54) is 6.42 Å². The number of likely N-dealkylation sites (tertiary alicyclic amines) is 1. The van der Waals surface area contributed by atoms with Crippen molar-refractivity contribution in [1.82, 2.24) is 20.0 Å². The maximum Gasteiger partial charge on any atom is 0.236 e. The van der Waals surface area contributed by atoms with Crippen LogP contribution in [0.3, 0.4) is 0 Å². The average molecular weight is 402 g/mol. The minimum atomic E-state index is 0.283. The topological polar surface area (TPSA) is 64.3 Å². The second kappa shape index (κ2) is 11.0. The molecule has 0 aliphatic carbocycles. The lowest BCUT2D eigenvalue weighted by Gasteiger charge is -2.37. The number of hydrogen-bond acceptors (Lipinski definition) is 4. The Morgan fingerprint density at radius 1 is 1.14 bits per heavy atom. The quantitative estimate of drug-likeness (QED) is 0.430. The number of hydrogen-bond donors (Lipinski definition) is 1. The van der Waals surface area contributed by atoms with E-state index >= 15 is 0 Å². The molecular weight excluding hydrogens is 366 g/mol. The molecule has 1 amide bonds. The van der Waals surface area contributed by atoms with Gasteiger partial charge in [0.25, 0.3) is 0 Å². The summed E-state index contributed by atoms with van der Waals surface area (Å²) in [6.07, 6.45) is 6.07. The Bertz CT molecular complexity index is 671. The molecule has 2 saturated heterocycles. The van der Waals surface area contributed by atoms with Crippen LogP contribution < -0.4 is 5.32 Å². The van der Waals surface area contributed by atoms with Crippen LogP contribution in [0.15, 0.2) is 40.0 Å². The molecule has 2 fully saturated rings. The highest BCUT2D eigenvalue weighted by Gasteiger charge is 2.24. The summed E-state index contributed by atoms with van der Waals surface area (Å²) in [4.78, 5) is 23.9. The van der Waals surface area contributed by atoms with E-state index in [1.807, 2.05) is 24.0 Å². The maximum absolute atomic E-state index is 12.5. The van der Waals surface area contributed by atoms with Gasteiger partial charge in [-0.25, -0.2) is 4.99 Å². The standard InChI is InChI=1S/C22H35N5O2/c1-19(2)17-24-22(23-9-8-20-7-6-16-29-20)27-14-12-25(13-15-27)18-21(28)26-10-4-3-5-11-26/h6-7,16H,1,3-5,8-15,17-18H2,2H3,(H,23,24). The number of furan rings is 1. The fourth-order valence-corrected chi connectivity index (χ4v) is 3.78.